The molecule has 1 aliphatic heterocycles. The van der Waals surface area contributed by atoms with Crippen LogP contribution in [0.2, 0.25) is 0 Å². The second kappa shape index (κ2) is 6.90. The van der Waals surface area contributed by atoms with Crippen molar-refractivity contribution in [2.24, 2.45) is 0 Å². The van der Waals surface area contributed by atoms with Crippen molar-refractivity contribution < 1.29 is 12.9 Å². The molecular weight excluding hydrogens is 344 g/mol. The van der Waals surface area contributed by atoms with Gasteiger partial charge in [-0.2, -0.15) is 16.1 Å². The third-order valence-corrected chi connectivity index (χ3v) is 7.86. The topological polar surface area (TPSA) is 63.4 Å². The van der Waals surface area contributed by atoms with E-state index in [1.165, 1.54) is 11.1 Å². The average molecular weight is 367 g/mol. The number of sulfonamides is 1. The molecule has 24 heavy (non-hydrogen) atoms. The highest BCUT2D eigenvalue weighted by Gasteiger charge is 2.33. The summed E-state index contributed by atoms with van der Waals surface area (Å²) in [5.74, 6) is 1.14. The molecule has 0 bridgehead atoms. The van der Waals surface area contributed by atoms with Crippen LogP contribution in [0.4, 0.5) is 0 Å². The van der Waals surface area contributed by atoms with Gasteiger partial charge >= 0.3 is 0 Å². The van der Waals surface area contributed by atoms with Gasteiger partial charge in [0.1, 0.15) is 10.6 Å². The van der Waals surface area contributed by atoms with Gasteiger partial charge in [0.25, 0.3) is 0 Å². The van der Waals surface area contributed by atoms with Crippen LogP contribution in [0.25, 0.3) is 0 Å². The number of aromatic nitrogens is 1. The molecule has 5 nitrogen and oxygen atoms in total. The molecule has 1 aromatic heterocycles. The van der Waals surface area contributed by atoms with Gasteiger partial charge in [-0.15, -0.1) is 0 Å². The molecule has 1 atom stereocenters. The van der Waals surface area contributed by atoms with Crippen molar-refractivity contribution in [3.8, 4) is 0 Å². The van der Waals surface area contributed by atoms with Crippen LogP contribution in [0.15, 0.2) is 33.7 Å². The lowest BCUT2D eigenvalue weighted by molar-refractivity contribution is 0.388. The van der Waals surface area contributed by atoms with Crippen molar-refractivity contribution in [2.75, 3.05) is 18.8 Å². The fourth-order valence-electron chi connectivity index (χ4n) is 3.16. The van der Waals surface area contributed by atoms with Crippen molar-refractivity contribution in [2.45, 2.75) is 37.3 Å². The predicted octanol–water partition coefficient (Wildman–Crippen LogP) is 3.47. The molecule has 3 rings (SSSR count). The van der Waals surface area contributed by atoms with Crippen LogP contribution in [-0.4, -0.2) is 36.7 Å². The molecule has 0 amide bonds. The van der Waals surface area contributed by atoms with E-state index in [9.17, 15) is 8.42 Å². The normalized spacial score (nSPS) is 20.0. The molecule has 1 aliphatic rings. The number of nitrogens with zero attached hydrogens (tertiary/aromatic N) is 2. The fourth-order valence-corrected chi connectivity index (χ4v) is 6.35. The molecule has 0 aliphatic carbocycles. The minimum absolute atomic E-state index is 0.224. The Kier molecular flexibility index (Phi) is 5.03. The maximum absolute atomic E-state index is 13.0. The zero-order valence-electron chi connectivity index (χ0n) is 14.2. The van der Waals surface area contributed by atoms with Crippen molar-refractivity contribution >= 4 is 21.8 Å². The number of hydrogen-bond acceptors (Lipinski definition) is 5. The van der Waals surface area contributed by atoms with Crippen molar-refractivity contribution in [3.63, 3.8) is 0 Å². The summed E-state index contributed by atoms with van der Waals surface area (Å²) in [6, 6.07) is 8.34. The van der Waals surface area contributed by atoms with Crippen LogP contribution in [0, 0.1) is 20.8 Å². The van der Waals surface area contributed by atoms with E-state index < -0.39 is 10.0 Å². The lowest BCUT2D eigenvalue weighted by Crippen LogP contribution is -2.33. The van der Waals surface area contributed by atoms with Crippen LogP contribution in [0.1, 0.15) is 34.3 Å². The van der Waals surface area contributed by atoms with Gasteiger partial charge in [0.2, 0.25) is 10.0 Å². The highest BCUT2D eigenvalue weighted by atomic mass is 32.2. The summed E-state index contributed by atoms with van der Waals surface area (Å²) in [5.41, 5.74) is 3.00. The Balaban J connectivity index is 1.82. The SMILES string of the molecule is Cc1ccccc1C1CCN(S(=O)(=O)c2c(C)noc2C)CCS1. The van der Waals surface area contributed by atoms with Gasteiger partial charge in [-0.25, -0.2) is 8.42 Å². The smallest absolute Gasteiger partial charge is 0.248 e. The lowest BCUT2D eigenvalue weighted by Gasteiger charge is -2.20. The molecule has 0 N–H and O–H groups in total. The molecule has 0 saturated carbocycles. The second-order valence-corrected chi connectivity index (χ2v) is 9.25. The molecule has 2 aromatic rings. The Morgan fingerprint density at radius 2 is 1.96 bits per heavy atom. The number of benzene rings is 1. The first kappa shape index (κ1) is 17.5. The quantitative estimate of drug-likeness (QED) is 0.832. The maximum Gasteiger partial charge on any atom is 0.248 e. The molecule has 1 unspecified atom stereocenters. The van der Waals surface area contributed by atoms with Crippen LogP contribution in [0.3, 0.4) is 0 Å². The van der Waals surface area contributed by atoms with Gasteiger partial charge in [-0.05, 0) is 38.3 Å². The summed E-state index contributed by atoms with van der Waals surface area (Å²) in [7, 11) is -3.56. The van der Waals surface area contributed by atoms with Gasteiger partial charge in [-0.3, -0.25) is 0 Å². The predicted molar refractivity (Wildman–Crippen MR) is 95.7 cm³/mol. The van der Waals surface area contributed by atoms with Crippen LogP contribution < -0.4 is 0 Å². The highest BCUT2D eigenvalue weighted by Crippen LogP contribution is 2.37. The summed E-state index contributed by atoms with van der Waals surface area (Å²) in [6.45, 7) is 6.46. The fraction of sp³-hybridized carbons (Fsp3) is 0.471. The minimum atomic E-state index is -3.56. The van der Waals surface area contributed by atoms with Gasteiger partial charge < -0.3 is 4.52 Å². The molecular formula is C17H22N2O3S2. The van der Waals surface area contributed by atoms with Gasteiger partial charge in [-0.1, -0.05) is 29.4 Å². The van der Waals surface area contributed by atoms with Gasteiger partial charge in [0, 0.05) is 24.1 Å². The number of aryl methyl sites for hydroxylation is 3. The number of thioether (sulfide) groups is 1. The van der Waals surface area contributed by atoms with Crippen LogP contribution in [-0.2, 0) is 10.0 Å². The Hall–Kier alpha value is -1.31. The standard InChI is InChI=1S/C17H22N2O3S2/c1-12-6-4-5-7-15(12)16-8-9-19(10-11-23-16)24(20,21)17-13(2)18-22-14(17)3/h4-7,16H,8-11H2,1-3H3. The molecule has 1 saturated heterocycles. The first-order valence-electron chi connectivity index (χ1n) is 8.01. The van der Waals surface area contributed by atoms with Crippen LogP contribution in [0.5, 0.6) is 0 Å². The summed E-state index contributed by atoms with van der Waals surface area (Å²) in [5, 5.41) is 4.12. The Bertz CT molecular complexity index is 811. The van der Waals surface area contributed by atoms with E-state index in [0.717, 1.165) is 12.2 Å². The first-order chi connectivity index (χ1) is 11.4. The zero-order valence-corrected chi connectivity index (χ0v) is 15.8. The van der Waals surface area contributed by atoms with Crippen molar-refractivity contribution in [3.05, 3.63) is 46.8 Å². The van der Waals surface area contributed by atoms with Crippen molar-refractivity contribution in [1.82, 2.24) is 9.46 Å². The summed E-state index contributed by atoms with van der Waals surface area (Å²) >= 11 is 1.83. The molecule has 1 fully saturated rings. The highest BCUT2D eigenvalue weighted by molar-refractivity contribution is 7.99. The average Bonchev–Trinajstić information content (AvgIpc) is 2.76. The largest absolute Gasteiger partial charge is 0.360 e. The Morgan fingerprint density at radius 1 is 1.21 bits per heavy atom. The first-order valence-corrected chi connectivity index (χ1v) is 10.5. The van der Waals surface area contributed by atoms with Gasteiger partial charge in [0.05, 0.1) is 0 Å². The minimum Gasteiger partial charge on any atom is -0.360 e. The molecule has 0 spiro atoms. The van der Waals surface area contributed by atoms with E-state index >= 15 is 0 Å². The second-order valence-electron chi connectivity index (χ2n) is 6.06. The van der Waals surface area contributed by atoms with E-state index in [4.69, 9.17) is 4.52 Å². The summed E-state index contributed by atoms with van der Waals surface area (Å²) < 4.78 is 32.6. The lowest BCUT2D eigenvalue weighted by atomic mass is 10.0. The number of rotatable bonds is 3. The molecule has 7 heteroatoms. The van der Waals surface area contributed by atoms with Crippen LogP contribution >= 0.6 is 11.8 Å². The molecule has 1 aromatic carbocycles. The van der Waals surface area contributed by atoms with Gasteiger partial charge in [0.15, 0.2) is 5.76 Å². The Morgan fingerprint density at radius 3 is 2.62 bits per heavy atom. The third-order valence-electron chi connectivity index (χ3n) is 4.40. The third kappa shape index (κ3) is 3.25. The summed E-state index contributed by atoms with van der Waals surface area (Å²) in [6.07, 6.45) is 0.804. The molecule has 0 radical (unpaired) electrons. The van der Waals surface area contributed by atoms with E-state index in [-0.39, 0.29) is 4.90 Å². The Labute approximate surface area is 147 Å². The van der Waals surface area contributed by atoms with E-state index in [1.54, 1.807) is 18.2 Å². The summed E-state index contributed by atoms with van der Waals surface area (Å²) in [4.78, 5) is 0.224. The molecule has 130 valence electrons. The van der Waals surface area contributed by atoms with Crippen molar-refractivity contribution in [1.29, 1.82) is 0 Å². The molecule has 2 heterocycles. The van der Waals surface area contributed by atoms with E-state index in [2.05, 4.69) is 24.2 Å². The monoisotopic (exact) mass is 366 g/mol. The maximum atomic E-state index is 13.0. The van der Waals surface area contributed by atoms with E-state index in [1.807, 2.05) is 23.9 Å². The number of hydrogen-bond donors (Lipinski definition) is 0. The zero-order chi connectivity index (χ0) is 17.3. The van der Waals surface area contributed by atoms with E-state index in [0.29, 0.717) is 29.8 Å².